The third kappa shape index (κ3) is 4.96. The molecule has 1 atom stereocenters. The molecular formula is C14H20N6O. The molecule has 7 nitrogen and oxygen atoms in total. The summed E-state index contributed by atoms with van der Waals surface area (Å²) in [6.07, 6.45) is 4.43. The van der Waals surface area contributed by atoms with Gasteiger partial charge in [0.05, 0.1) is 19.3 Å². The molecule has 0 aliphatic rings. The van der Waals surface area contributed by atoms with E-state index in [2.05, 4.69) is 32.2 Å². The van der Waals surface area contributed by atoms with E-state index >= 15 is 0 Å². The SMILES string of the molecule is CCC(COCc1cccnc1)Nc1nc(C)nc(N)n1. The van der Waals surface area contributed by atoms with Crippen molar-refractivity contribution in [2.24, 2.45) is 0 Å². The van der Waals surface area contributed by atoms with Crippen molar-refractivity contribution in [3.63, 3.8) is 0 Å². The number of aryl methyl sites for hydroxylation is 1. The van der Waals surface area contributed by atoms with E-state index in [0.29, 0.717) is 25.0 Å². The number of hydrogen-bond acceptors (Lipinski definition) is 7. The van der Waals surface area contributed by atoms with Crippen LogP contribution in [0.4, 0.5) is 11.9 Å². The minimum atomic E-state index is 0.114. The van der Waals surface area contributed by atoms with Crippen molar-refractivity contribution in [2.45, 2.75) is 32.9 Å². The van der Waals surface area contributed by atoms with E-state index in [9.17, 15) is 0 Å². The van der Waals surface area contributed by atoms with Crippen LogP contribution in [-0.4, -0.2) is 32.6 Å². The van der Waals surface area contributed by atoms with E-state index in [0.717, 1.165) is 12.0 Å². The number of anilines is 2. The molecule has 0 aromatic carbocycles. The Kier molecular flexibility index (Phi) is 5.39. The second-order valence-electron chi connectivity index (χ2n) is 4.69. The van der Waals surface area contributed by atoms with Gasteiger partial charge in [-0.25, -0.2) is 0 Å². The summed E-state index contributed by atoms with van der Waals surface area (Å²) >= 11 is 0. The molecule has 2 aromatic rings. The Hall–Kier alpha value is -2.28. The number of aromatic nitrogens is 4. The molecule has 0 aliphatic carbocycles. The van der Waals surface area contributed by atoms with Gasteiger partial charge in [-0.15, -0.1) is 0 Å². The highest BCUT2D eigenvalue weighted by Crippen LogP contribution is 2.07. The summed E-state index contributed by atoms with van der Waals surface area (Å²) < 4.78 is 5.70. The average Bonchev–Trinajstić information content (AvgIpc) is 2.46. The number of pyridine rings is 1. The van der Waals surface area contributed by atoms with E-state index in [-0.39, 0.29) is 12.0 Å². The smallest absolute Gasteiger partial charge is 0.228 e. The van der Waals surface area contributed by atoms with Crippen LogP contribution in [-0.2, 0) is 11.3 Å². The van der Waals surface area contributed by atoms with Crippen LogP contribution >= 0.6 is 0 Å². The average molecular weight is 288 g/mol. The van der Waals surface area contributed by atoms with Gasteiger partial charge in [0.25, 0.3) is 0 Å². The lowest BCUT2D eigenvalue weighted by atomic mass is 10.2. The van der Waals surface area contributed by atoms with Gasteiger partial charge >= 0.3 is 0 Å². The molecule has 0 spiro atoms. The van der Waals surface area contributed by atoms with Crippen LogP contribution in [0.1, 0.15) is 24.7 Å². The summed E-state index contributed by atoms with van der Waals surface area (Å²) in [5.41, 5.74) is 6.66. The molecule has 7 heteroatoms. The Balaban J connectivity index is 1.85. The fourth-order valence-electron chi connectivity index (χ4n) is 1.81. The van der Waals surface area contributed by atoms with E-state index in [1.807, 2.05) is 12.1 Å². The number of nitrogen functional groups attached to an aromatic ring is 1. The van der Waals surface area contributed by atoms with Crippen LogP contribution in [0.2, 0.25) is 0 Å². The number of ether oxygens (including phenoxy) is 1. The fraction of sp³-hybridized carbons (Fsp3) is 0.429. The Morgan fingerprint density at radius 2 is 2.19 bits per heavy atom. The summed E-state index contributed by atoms with van der Waals surface area (Å²) in [5, 5.41) is 3.21. The normalized spacial score (nSPS) is 12.1. The van der Waals surface area contributed by atoms with Crippen molar-refractivity contribution < 1.29 is 4.74 Å². The van der Waals surface area contributed by atoms with Crippen LogP contribution in [0.25, 0.3) is 0 Å². The molecule has 112 valence electrons. The van der Waals surface area contributed by atoms with Gasteiger partial charge in [0.1, 0.15) is 5.82 Å². The molecule has 0 saturated carbocycles. The Morgan fingerprint density at radius 3 is 2.86 bits per heavy atom. The minimum Gasteiger partial charge on any atom is -0.375 e. The van der Waals surface area contributed by atoms with Gasteiger partial charge in [-0.1, -0.05) is 13.0 Å². The van der Waals surface area contributed by atoms with Crippen molar-refractivity contribution >= 4 is 11.9 Å². The number of rotatable bonds is 7. The molecule has 3 N–H and O–H groups in total. The summed E-state index contributed by atoms with van der Waals surface area (Å²) in [5.74, 6) is 1.30. The van der Waals surface area contributed by atoms with Crippen LogP contribution in [0.3, 0.4) is 0 Å². The molecule has 1 unspecified atom stereocenters. The van der Waals surface area contributed by atoms with Crippen molar-refractivity contribution in [3.05, 3.63) is 35.9 Å². The van der Waals surface area contributed by atoms with Gasteiger partial charge in [-0.2, -0.15) is 15.0 Å². The first-order chi connectivity index (χ1) is 10.2. The van der Waals surface area contributed by atoms with Gasteiger partial charge in [0.2, 0.25) is 11.9 Å². The summed E-state index contributed by atoms with van der Waals surface area (Å²) in [6, 6.07) is 3.99. The molecular weight excluding hydrogens is 268 g/mol. The van der Waals surface area contributed by atoms with Crippen molar-refractivity contribution in [1.29, 1.82) is 0 Å². The lowest BCUT2D eigenvalue weighted by Gasteiger charge is -2.17. The first-order valence-electron chi connectivity index (χ1n) is 6.88. The molecule has 2 aromatic heterocycles. The van der Waals surface area contributed by atoms with E-state index in [4.69, 9.17) is 10.5 Å². The maximum Gasteiger partial charge on any atom is 0.228 e. The topological polar surface area (TPSA) is 98.8 Å². The second-order valence-corrected chi connectivity index (χ2v) is 4.69. The molecule has 2 heterocycles. The highest BCUT2D eigenvalue weighted by Gasteiger charge is 2.09. The lowest BCUT2D eigenvalue weighted by molar-refractivity contribution is 0.111. The van der Waals surface area contributed by atoms with Crippen LogP contribution < -0.4 is 11.1 Å². The molecule has 0 radical (unpaired) electrons. The molecule has 0 bridgehead atoms. The standard InChI is InChI=1S/C14H20N6O/c1-3-12(9-21-8-11-5-4-6-16-7-11)19-14-18-10(2)17-13(15)20-14/h4-7,12H,3,8-9H2,1-2H3,(H3,15,17,18,19,20). The van der Waals surface area contributed by atoms with Crippen molar-refractivity contribution in [3.8, 4) is 0 Å². The molecule has 2 rings (SSSR count). The van der Waals surface area contributed by atoms with Gasteiger partial charge in [-0.05, 0) is 25.0 Å². The van der Waals surface area contributed by atoms with Crippen LogP contribution in [0.15, 0.2) is 24.5 Å². The highest BCUT2D eigenvalue weighted by atomic mass is 16.5. The molecule has 21 heavy (non-hydrogen) atoms. The number of hydrogen-bond donors (Lipinski definition) is 2. The van der Waals surface area contributed by atoms with Crippen molar-refractivity contribution in [2.75, 3.05) is 17.7 Å². The quantitative estimate of drug-likeness (QED) is 0.797. The number of nitrogens with zero attached hydrogens (tertiary/aromatic N) is 4. The predicted octanol–water partition coefficient (Wildman–Crippen LogP) is 1.56. The Morgan fingerprint density at radius 1 is 1.33 bits per heavy atom. The largest absolute Gasteiger partial charge is 0.375 e. The van der Waals surface area contributed by atoms with Crippen molar-refractivity contribution in [1.82, 2.24) is 19.9 Å². The van der Waals surface area contributed by atoms with E-state index in [1.54, 1.807) is 19.3 Å². The third-order valence-corrected chi connectivity index (χ3v) is 2.90. The number of nitrogens with one attached hydrogen (secondary N) is 1. The summed E-state index contributed by atoms with van der Waals surface area (Å²) in [7, 11) is 0. The predicted molar refractivity (Wildman–Crippen MR) is 80.6 cm³/mol. The highest BCUT2D eigenvalue weighted by molar-refractivity contribution is 5.31. The van der Waals surface area contributed by atoms with Gasteiger partial charge < -0.3 is 15.8 Å². The van der Waals surface area contributed by atoms with E-state index < -0.39 is 0 Å². The molecule has 0 aliphatic heterocycles. The molecule has 0 fully saturated rings. The Labute approximate surface area is 124 Å². The molecule has 0 amide bonds. The summed E-state index contributed by atoms with van der Waals surface area (Å²) in [4.78, 5) is 16.3. The first-order valence-corrected chi connectivity index (χ1v) is 6.88. The Bertz CT molecular complexity index is 542. The zero-order valence-corrected chi connectivity index (χ0v) is 12.3. The van der Waals surface area contributed by atoms with Gasteiger partial charge in [-0.3, -0.25) is 4.98 Å². The number of nitrogens with two attached hydrogens (primary N) is 1. The second kappa shape index (κ2) is 7.49. The first kappa shape index (κ1) is 15.1. The van der Waals surface area contributed by atoms with Gasteiger partial charge in [0.15, 0.2) is 0 Å². The van der Waals surface area contributed by atoms with Crippen LogP contribution in [0.5, 0.6) is 0 Å². The monoisotopic (exact) mass is 288 g/mol. The van der Waals surface area contributed by atoms with E-state index in [1.165, 1.54) is 0 Å². The lowest BCUT2D eigenvalue weighted by Crippen LogP contribution is -2.26. The maximum atomic E-state index is 5.70. The summed E-state index contributed by atoms with van der Waals surface area (Å²) in [6.45, 7) is 4.94. The fourth-order valence-corrected chi connectivity index (χ4v) is 1.81. The minimum absolute atomic E-state index is 0.114. The van der Waals surface area contributed by atoms with Crippen LogP contribution in [0, 0.1) is 6.92 Å². The zero-order valence-electron chi connectivity index (χ0n) is 12.3. The van der Waals surface area contributed by atoms with Gasteiger partial charge in [0, 0.05) is 12.4 Å². The molecule has 0 saturated heterocycles. The zero-order chi connectivity index (χ0) is 15.1. The maximum absolute atomic E-state index is 5.70. The third-order valence-electron chi connectivity index (χ3n) is 2.90.